The Morgan fingerprint density at radius 2 is 2.10 bits per heavy atom. The second-order valence-electron chi connectivity index (χ2n) is 5.08. The first kappa shape index (κ1) is 15.8. The van der Waals surface area contributed by atoms with Crippen molar-refractivity contribution in [3.8, 4) is 5.75 Å². The van der Waals surface area contributed by atoms with Crippen molar-refractivity contribution in [3.63, 3.8) is 0 Å². The predicted octanol–water partition coefficient (Wildman–Crippen LogP) is 0.606. The van der Waals surface area contributed by atoms with E-state index in [4.69, 9.17) is 4.74 Å². The third-order valence-electron chi connectivity index (χ3n) is 3.40. The molecule has 1 aliphatic heterocycles. The number of ether oxygens (including phenoxy) is 1. The van der Waals surface area contributed by atoms with Gasteiger partial charge in [-0.25, -0.2) is 8.42 Å². The van der Waals surface area contributed by atoms with Gasteiger partial charge in [-0.15, -0.1) is 0 Å². The number of amides is 1. The maximum Gasteiger partial charge on any atom is 0.257 e. The van der Waals surface area contributed by atoms with E-state index < -0.39 is 10.0 Å². The Bertz CT molecular complexity index is 574. The number of rotatable bonds is 6. The van der Waals surface area contributed by atoms with Gasteiger partial charge in [-0.3, -0.25) is 4.79 Å². The molecule has 0 saturated carbocycles. The Morgan fingerprint density at radius 1 is 1.38 bits per heavy atom. The van der Waals surface area contributed by atoms with Gasteiger partial charge >= 0.3 is 0 Å². The number of nitrogens with zero attached hydrogens (tertiary/aromatic N) is 1. The van der Waals surface area contributed by atoms with Crippen molar-refractivity contribution in [1.29, 1.82) is 0 Å². The van der Waals surface area contributed by atoms with Gasteiger partial charge in [-0.2, -0.15) is 4.31 Å². The molecule has 1 saturated heterocycles. The number of sulfonamides is 1. The maximum atomic E-state index is 11.7. The van der Waals surface area contributed by atoms with E-state index in [1.165, 1.54) is 10.6 Å². The first-order valence-corrected chi connectivity index (χ1v) is 8.73. The smallest absolute Gasteiger partial charge is 0.257 e. The average molecular weight is 312 g/mol. The SMILES string of the molecule is CS(=O)(=O)N1CCCC1CNC(=O)COc1ccccc1. The molecule has 1 N–H and O–H groups in total. The molecule has 1 unspecified atom stereocenters. The first-order chi connectivity index (χ1) is 9.97. The standard InChI is InChI=1S/C14H20N2O4S/c1-21(18,19)16-9-5-6-12(16)10-15-14(17)11-20-13-7-3-2-4-8-13/h2-4,7-8,12H,5-6,9-11H2,1H3,(H,15,17). The quantitative estimate of drug-likeness (QED) is 0.835. The van der Waals surface area contributed by atoms with Crippen molar-refractivity contribution in [3.05, 3.63) is 30.3 Å². The van der Waals surface area contributed by atoms with E-state index in [1.54, 1.807) is 12.1 Å². The molecule has 2 rings (SSSR count). The molecule has 0 aromatic heterocycles. The summed E-state index contributed by atoms with van der Waals surface area (Å²) in [6, 6.07) is 8.92. The van der Waals surface area contributed by atoms with Crippen molar-refractivity contribution >= 4 is 15.9 Å². The van der Waals surface area contributed by atoms with Gasteiger partial charge in [0.2, 0.25) is 10.0 Å². The largest absolute Gasteiger partial charge is 0.484 e. The molecule has 116 valence electrons. The van der Waals surface area contributed by atoms with Gasteiger partial charge in [-0.05, 0) is 25.0 Å². The molecule has 1 amide bonds. The lowest BCUT2D eigenvalue weighted by molar-refractivity contribution is -0.123. The van der Waals surface area contributed by atoms with Gasteiger partial charge in [0.15, 0.2) is 6.61 Å². The lowest BCUT2D eigenvalue weighted by atomic mass is 10.2. The predicted molar refractivity (Wildman–Crippen MR) is 79.5 cm³/mol. The van der Waals surface area contributed by atoms with Crippen LogP contribution in [0.15, 0.2) is 30.3 Å². The van der Waals surface area contributed by atoms with Crippen LogP contribution in [0.2, 0.25) is 0 Å². The van der Waals surface area contributed by atoms with Crippen molar-refractivity contribution < 1.29 is 17.9 Å². The minimum Gasteiger partial charge on any atom is -0.484 e. The number of hydrogen-bond donors (Lipinski definition) is 1. The summed E-state index contributed by atoms with van der Waals surface area (Å²) in [7, 11) is -3.20. The molecule has 7 heteroatoms. The fourth-order valence-electron chi connectivity index (χ4n) is 2.40. The Labute approximate surface area is 125 Å². The van der Waals surface area contributed by atoms with Crippen molar-refractivity contribution in [2.75, 3.05) is 26.0 Å². The van der Waals surface area contributed by atoms with Crippen LogP contribution in [0.1, 0.15) is 12.8 Å². The van der Waals surface area contributed by atoms with Crippen LogP contribution in [0.4, 0.5) is 0 Å². The summed E-state index contributed by atoms with van der Waals surface area (Å²) in [6.45, 7) is 0.777. The summed E-state index contributed by atoms with van der Waals surface area (Å²) in [5.41, 5.74) is 0. The summed E-state index contributed by atoms with van der Waals surface area (Å²) >= 11 is 0. The molecule has 6 nitrogen and oxygen atoms in total. The van der Waals surface area contributed by atoms with Crippen molar-refractivity contribution in [2.45, 2.75) is 18.9 Å². The van der Waals surface area contributed by atoms with E-state index in [9.17, 15) is 13.2 Å². The Hall–Kier alpha value is -1.60. The molecule has 1 atom stereocenters. The fraction of sp³-hybridized carbons (Fsp3) is 0.500. The number of nitrogens with one attached hydrogen (secondary N) is 1. The van der Waals surface area contributed by atoms with Gasteiger partial charge in [0.1, 0.15) is 5.75 Å². The van der Waals surface area contributed by atoms with Gasteiger partial charge in [-0.1, -0.05) is 18.2 Å². The summed E-state index contributed by atoms with van der Waals surface area (Å²) < 4.78 is 30.0. The highest BCUT2D eigenvalue weighted by atomic mass is 32.2. The number of benzene rings is 1. The topological polar surface area (TPSA) is 75.7 Å². The number of carbonyl (C=O) groups excluding carboxylic acids is 1. The molecule has 0 aliphatic carbocycles. The minimum atomic E-state index is -3.20. The highest BCUT2D eigenvalue weighted by Gasteiger charge is 2.31. The third kappa shape index (κ3) is 4.71. The number of hydrogen-bond acceptors (Lipinski definition) is 4. The second-order valence-corrected chi connectivity index (χ2v) is 7.01. The Morgan fingerprint density at radius 3 is 2.76 bits per heavy atom. The van der Waals surface area contributed by atoms with E-state index in [-0.39, 0.29) is 18.6 Å². The molecule has 1 fully saturated rings. The molecule has 1 aromatic rings. The summed E-state index contributed by atoms with van der Waals surface area (Å²) in [4.78, 5) is 11.7. The lowest BCUT2D eigenvalue weighted by Gasteiger charge is -2.22. The monoisotopic (exact) mass is 312 g/mol. The van der Waals surface area contributed by atoms with Crippen LogP contribution in [-0.2, 0) is 14.8 Å². The first-order valence-electron chi connectivity index (χ1n) is 6.88. The zero-order valence-corrected chi connectivity index (χ0v) is 12.8. The van der Waals surface area contributed by atoms with Crippen molar-refractivity contribution in [2.24, 2.45) is 0 Å². The van der Waals surface area contributed by atoms with Gasteiger partial charge in [0, 0.05) is 19.1 Å². The van der Waals surface area contributed by atoms with E-state index in [2.05, 4.69) is 5.32 Å². The number of para-hydroxylation sites is 1. The molecule has 0 radical (unpaired) electrons. The van der Waals surface area contributed by atoms with E-state index in [1.807, 2.05) is 18.2 Å². The van der Waals surface area contributed by atoms with E-state index >= 15 is 0 Å². The molecule has 1 aliphatic rings. The average Bonchev–Trinajstić information content (AvgIpc) is 2.92. The second kappa shape index (κ2) is 6.91. The van der Waals surface area contributed by atoms with Crippen LogP contribution in [0, 0.1) is 0 Å². The van der Waals surface area contributed by atoms with Gasteiger partial charge < -0.3 is 10.1 Å². The van der Waals surface area contributed by atoms with Crippen molar-refractivity contribution in [1.82, 2.24) is 9.62 Å². The van der Waals surface area contributed by atoms with Crippen LogP contribution >= 0.6 is 0 Å². The van der Waals surface area contributed by atoms with E-state index in [0.29, 0.717) is 18.8 Å². The summed E-state index contributed by atoms with van der Waals surface area (Å²) in [6.07, 6.45) is 2.80. The number of carbonyl (C=O) groups is 1. The lowest BCUT2D eigenvalue weighted by Crippen LogP contribution is -2.43. The van der Waals surface area contributed by atoms with Crippen LogP contribution in [0.25, 0.3) is 0 Å². The fourth-order valence-corrected chi connectivity index (χ4v) is 3.58. The van der Waals surface area contributed by atoms with Gasteiger partial charge in [0.25, 0.3) is 5.91 Å². The highest BCUT2D eigenvalue weighted by molar-refractivity contribution is 7.88. The van der Waals surface area contributed by atoms with Crippen LogP contribution in [0.5, 0.6) is 5.75 Å². The van der Waals surface area contributed by atoms with Crippen LogP contribution in [-0.4, -0.2) is 50.6 Å². The molecule has 0 bridgehead atoms. The van der Waals surface area contributed by atoms with Crippen LogP contribution < -0.4 is 10.1 Å². The highest BCUT2D eigenvalue weighted by Crippen LogP contribution is 2.19. The summed E-state index contributed by atoms with van der Waals surface area (Å²) in [5, 5.41) is 2.73. The molecule has 1 heterocycles. The van der Waals surface area contributed by atoms with E-state index in [0.717, 1.165) is 12.8 Å². The van der Waals surface area contributed by atoms with Gasteiger partial charge in [0.05, 0.1) is 6.26 Å². The molecule has 21 heavy (non-hydrogen) atoms. The molecular formula is C14H20N2O4S. The third-order valence-corrected chi connectivity index (χ3v) is 4.73. The normalized spacial score (nSPS) is 19.4. The zero-order chi connectivity index (χ0) is 15.3. The minimum absolute atomic E-state index is 0.0738. The Kier molecular flexibility index (Phi) is 5.19. The zero-order valence-electron chi connectivity index (χ0n) is 12.0. The molecule has 1 aromatic carbocycles. The molecular weight excluding hydrogens is 292 g/mol. The molecule has 0 spiro atoms. The Balaban J connectivity index is 1.76. The van der Waals surface area contributed by atoms with Crippen LogP contribution in [0.3, 0.4) is 0 Å². The maximum absolute atomic E-state index is 11.7. The summed E-state index contributed by atoms with van der Waals surface area (Å²) in [5.74, 6) is 0.380.